The van der Waals surface area contributed by atoms with E-state index < -0.39 is 11.7 Å². The molecule has 2 N–H and O–H groups in total. The van der Waals surface area contributed by atoms with Crippen LogP contribution in [0, 0.1) is 0 Å². The van der Waals surface area contributed by atoms with Gasteiger partial charge >= 0.3 is 6.18 Å². The molecule has 0 atom stereocenters. The number of halogens is 3. The van der Waals surface area contributed by atoms with Crippen molar-refractivity contribution in [3.05, 3.63) is 77.1 Å². The Kier molecular flexibility index (Phi) is 5.59. The first kappa shape index (κ1) is 18.7. The van der Waals surface area contributed by atoms with Gasteiger partial charge < -0.3 is 5.43 Å². The highest BCUT2D eigenvalue weighted by atomic mass is 19.4. The molecule has 7 heteroatoms. The van der Waals surface area contributed by atoms with E-state index in [0.29, 0.717) is 12.0 Å². The zero-order chi connectivity index (χ0) is 19.3. The van der Waals surface area contributed by atoms with Crippen molar-refractivity contribution in [2.24, 2.45) is 0 Å². The van der Waals surface area contributed by atoms with Crippen LogP contribution in [-0.2, 0) is 11.0 Å². The van der Waals surface area contributed by atoms with Crippen LogP contribution in [0.4, 0.5) is 19.0 Å². The maximum atomic E-state index is 12.6. The van der Waals surface area contributed by atoms with E-state index >= 15 is 0 Å². The molecule has 0 amide bonds. The van der Waals surface area contributed by atoms with E-state index in [0.717, 1.165) is 36.2 Å². The van der Waals surface area contributed by atoms with Crippen molar-refractivity contribution < 1.29 is 18.0 Å². The Morgan fingerprint density at radius 3 is 2.41 bits per heavy atom. The summed E-state index contributed by atoms with van der Waals surface area (Å²) in [5.74, 6) is 0.197. The first-order chi connectivity index (χ1) is 12.9. The smallest absolute Gasteiger partial charge is 0.307 e. The second-order valence-electron chi connectivity index (χ2n) is 6.13. The molecule has 0 saturated heterocycles. The molecule has 1 aliphatic rings. The summed E-state index contributed by atoms with van der Waals surface area (Å²) in [6.07, 6.45) is 1.98. The molecule has 1 heterocycles. The zero-order valence-corrected chi connectivity index (χ0v) is 14.4. The van der Waals surface area contributed by atoms with Crippen LogP contribution in [0.25, 0.3) is 6.08 Å². The number of ketones is 1. The van der Waals surface area contributed by atoms with Crippen molar-refractivity contribution in [3.63, 3.8) is 0 Å². The molecular weight excluding hydrogens is 355 g/mol. The van der Waals surface area contributed by atoms with Crippen LogP contribution in [0.15, 0.2) is 66.0 Å². The molecule has 1 fully saturated rings. The lowest BCUT2D eigenvalue weighted by Crippen LogP contribution is -2.20. The highest BCUT2D eigenvalue weighted by molar-refractivity contribution is 6.11. The van der Waals surface area contributed by atoms with Crippen molar-refractivity contribution in [1.29, 1.82) is 0 Å². The van der Waals surface area contributed by atoms with E-state index in [1.54, 1.807) is 6.20 Å². The number of nitrogens with zero attached hydrogens (tertiary/aromatic N) is 1. The van der Waals surface area contributed by atoms with E-state index in [-0.39, 0.29) is 11.6 Å². The monoisotopic (exact) mass is 373 g/mol. The van der Waals surface area contributed by atoms with Gasteiger partial charge in [-0.15, -0.1) is 0 Å². The third kappa shape index (κ3) is 4.97. The average molecular weight is 373 g/mol. The van der Waals surface area contributed by atoms with E-state index in [4.69, 9.17) is 0 Å². The van der Waals surface area contributed by atoms with Gasteiger partial charge in [-0.3, -0.25) is 10.2 Å². The van der Waals surface area contributed by atoms with Crippen molar-refractivity contribution in [2.75, 3.05) is 5.43 Å². The molecule has 0 radical (unpaired) electrons. The minimum atomic E-state index is -4.42. The molecule has 0 bridgehead atoms. The van der Waals surface area contributed by atoms with Crippen LogP contribution >= 0.6 is 0 Å². The first-order valence-electron chi connectivity index (χ1n) is 8.47. The van der Waals surface area contributed by atoms with Gasteiger partial charge in [-0.2, -0.15) is 13.2 Å². The van der Waals surface area contributed by atoms with Crippen molar-refractivity contribution >= 4 is 17.7 Å². The second kappa shape index (κ2) is 8.07. The zero-order valence-electron chi connectivity index (χ0n) is 14.4. The number of hydrogen-bond donors (Lipinski definition) is 2. The molecule has 1 aliphatic carbocycles. The number of anilines is 1. The SMILES string of the molecule is O=C1/C(=C\NNc2ccc(C(F)(F)F)cn2)CCC/C1=C\c1ccccc1. The van der Waals surface area contributed by atoms with E-state index in [1.165, 1.54) is 6.07 Å². The predicted molar refractivity (Wildman–Crippen MR) is 97.4 cm³/mol. The van der Waals surface area contributed by atoms with Crippen molar-refractivity contribution in [3.8, 4) is 0 Å². The van der Waals surface area contributed by atoms with Crippen molar-refractivity contribution in [1.82, 2.24) is 10.4 Å². The predicted octanol–water partition coefficient (Wildman–Crippen LogP) is 4.74. The van der Waals surface area contributed by atoms with Crippen LogP contribution in [0.1, 0.15) is 30.4 Å². The number of allylic oxidation sites excluding steroid dienone is 2. The highest BCUT2D eigenvalue weighted by Gasteiger charge is 2.30. The Bertz CT molecular complexity index is 856. The maximum Gasteiger partial charge on any atom is 0.417 e. The lowest BCUT2D eigenvalue weighted by atomic mass is 9.88. The van der Waals surface area contributed by atoms with Gasteiger partial charge in [0.1, 0.15) is 5.82 Å². The number of pyridine rings is 1. The number of hydrazine groups is 1. The molecular formula is C20H18F3N3O. The summed E-state index contributed by atoms with van der Waals surface area (Å²) in [6, 6.07) is 11.8. The van der Waals surface area contributed by atoms with Crippen LogP contribution in [0.5, 0.6) is 0 Å². The Morgan fingerprint density at radius 1 is 1.00 bits per heavy atom. The normalized spacial score (nSPS) is 18.0. The Hall–Kier alpha value is -3.09. The van der Waals surface area contributed by atoms with Gasteiger partial charge in [0, 0.05) is 23.5 Å². The summed E-state index contributed by atoms with van der Waals surface area (Å²) in [4.78, 5) is 16.3. The van der Waals surface area contributed by atoms with Gasteiger partial charge in [0.25, 0.3) is 0 Å². The lowest BCUT2D eigenvalue weighted by molar-refractivity contribution is -0.137. The van der Waals surface area contributed by atoms with Gasteiger partial charge in [0.2, 0.25) is 0 Å². The molecule has 1 saturated carbocycles. The first-order valence-corrected chi connectivity index (χ1v) is 8.47. The number of carbonyl (C=O) groups excluding carboxylic acids is 1. The summed E-state index contributed by atoms with van der Waals surface area (Å²) in [6.45, 7) is 0. The number of rotatable bonds is 4. The Balaban J connectivity index is 1.63. The molecule has 0 unspecified atom stereocenters. The minimum absolute atomic E-state index is 0.0280. The van der Waals surface area contributed by atoms with E-state index in [9.17, 15) is 18.0 Å². The van der Waals surface area contributed by atoms with Gasteiger partial charge in [0.05, 0.1) is 5.56 Å². The molecule has 140 valence electrons. The van der Waals surface area contributed by atoms with Gasteiger partial charge in [-0.1, -0.05) is 30.3 Å². The van der Waals surface area contributed by atoms with Gasteiger partial charge in [0.15, 0.2) is 5.78 Å². The number of nitrogens with one attached hydrogen (secondary N) is 2. The average Bonchev–Trinajstić information content (AvgIpc) is 2.65. The largest absolute Gasteiger partial charge is 0.417 e. The van der Waals surface area contributed by atoms with Crippen LogP contribution in [0.2, 0.25) is 0 Å². The second-order valence-corrected chi connectivity index (χ2v) is 6.13. The van der Waals surface area contributed by atoms with Crippen LogP contribution in [0.3, 0.4) is 0 Å². The van der Waals surface area contributed by atoms with Crippen molar-refractivity contribution in [2.45, 2.75) is 25.4 Å². The highest BCUT2D eigenvalue weighted by Crippen LogP contribution is 2.29. The fourth-order valence-corrected chi connectivity index (χ4v) is 2.76. The third-order valence-electron chi connectivity index (χ3n) is 4.15. The Labute approximate surface area is 154 Å². The summed E-state index contributed by atoms with van der Waals surface area (Å²) in [5, 5.41) is 0. The number of Topliss-reactive ketones (excluding diaryl/α,β-unsaturated/α-hetero) is 1. The van der Waals surface area contributed by atoms with E-state index in [1.807, 2.05) is 36.4 Å². The lowest BCUT2D eigenvalue weighted by Gasteiger charge is -2.17. The van der Waals surface area contributed by atoms with Gasteiger partial charge in [-0.05, 0) is 43.0 Å². The number of alkyl halides is 3. The topological polar surface area (TPSA) is 54.0 Å². The quantitative estimate of drug-likeness (QED) is 0.601. The third-order valence-corrected chi connectivity index (χ3v) is 4.15. The standard InChI is InChI=1S/C20H18F3N3O/c21-20(22,23)17-9-10-18(24-13-17)26-25-12-16-8-4-7-15(19(16)27)11-14-5-2-1-3-6-14/h1-3,5-6,9-13,25H,4,7-8H2,(H,24,26)/b15-11+,16-12-. The molecule has 4 nitrogen and oxygen atoms in total. The van der Waals surface area contributed by atoms with Crippen LogP contribution in [-0.4, -0.2) is 10.8 Å². The summed E-state index contributed by atoms with van der Waals surface area (Å²) in [7, 11) is 0. The number of benzene rings is 1. The molecule has 1 aromatic carbocycles. The molecule has 3 rings (SSSR count). The molecule has 0 spiro atoms. The minimum Gasteiger partial charge on any atom is -0.307 e. The number of aromatic nitrogens is 1. The Morgan fingerprint density at radius 2 is 1.74 bits per heavy atom. The maximum absolute atomic E-state index is 12.6. The van der Waals surface area contributed by atoms with Gasteiger partial charge in [-0.25, -0.2) is 4.98 Å². The number of hydrogen-bond acceptors (Lipinski definition) is 4. The summed E-state index contributed by atoms with van der Waals surface area (Å²) in [5.41, 5.74) is 6.94. The molecule has 0 aliphatic heterocycles. The molecule has 1 aromatic heterocycles. The number of carbonyl (C=O) groups is 1. The fraction of sp³-hybridized carbons (Fsp3) is 0.200. The van der Waals surface area contributed by atoms with Crippen LogP contribution < -0.4 is 10.9 Å². The fourth-order valence-electron chi connectivity index (χ4n) is 2.76. The summed E-state index contributed by atoms with van der Waals surface area (Å²) < 4.78 is 37.6. The molecule has 27 heavy (non-hydrogen) atoms. The summed E-state index contributed by atoms with van der Waals surface area (Å²) >= 11 is 0. The van der Waals surface area contributed by atoms with E-state index in [2.05, 4.69) is 15.8 Å². The molecule has 2 aromatic rings.